The first kappa shape index (κ1) is 12.8. The second-order valence-corrected chi connectivity index (χ2v) is 5.99. The van der Waals surface area contributed by atoms with Crippen LogP contribution in [0, 0.1) is 11.7 Å². The zero-order chi connectivity index (χ0) is 14.4. The van der Waals surface area contributed by atoms with Gasteiger partial charge in [-0.25, -0.2) is 4.39 Å². The average Bonchev–Trinajstić information content (AvgIpc) is 2.94. The molecule has 0 spiro atoms. The van der Waals surface area contributed by atoms with Gasteiger partial charge in [0, 0.05) is 18.0 Å². The first-order valence-corrected chi connectivity index (χ1v) is 7.42. The molecule has 5 heteroatoms. The van der Waals surface area contributed by atoms with E-state index in [1.165, 1.54) is 6.07 Å². The maximum Gasteiger partial charge on any atom is 0.287 e. The first-order chi connectivity index (χ1) is 10.2. The lowest BCUT2D eigenvalue weighted by Crippen LogP contribution is -2.57. The molecule has 4 nitrogen and oxygen atoms in total. The number of nitrogens with zero attached hydrogens (tertiary/aromatic N) is 1. The highest BCUT2D eigenvalue weighted by molar-refractivity contribution is 5.96. The minimum absolute atomic E-state index is 0.150. The van der Waals surface area contributed by atoms with E-state index in [2.05, 4.69) is 10.2 Å². The standard InChI is InChI=1S/C16H17FN2O2/c17-12-3-1-2-11-8-14(21-15(11)12)16(20)18-13-9-19-6-4-10(13)5-7-19/h1-3,8,10,13H,4-7,9H2,(H,18,20). The van der Waals surface area contributed by atoms with Crippen molar-refractivity contribution in [2.24, 2.45) is 5.92 Å². The highest BCUT2D eigenvalue weighted by atomic mass is 19.1. The summed E-state index contributed by atoms with van der Waals surface area (Å²) in [6.07, 6.45) is 2.28. The lowest BCUT2D eigenvalue weighted by Gasteiger charge is -2.44. The Morgan fingerprint density at radius 3 is 2.81 bits per heavy atom. The van der Waals surface area contributed by atoms with Crippen LogP contribution in [0.3, 0.4) is 0 Å². The molecule has 0 saturated carbocycles. The molecule has 5 rings (SSSR count). The van der Waals surface area contributed by atoms with Crippen molar-refractivity contribution in [3.63, 3.8) is 0 Å². The molecule has 1 atom stereocenters. The number of amides is 1. The molecule has 0 radical (unpaired) electrons. The van der Waals surface area contributed by atoms with Crippen molar-refractivity contribution in [2.75, 3.05) is 19.6 Å². The average molecular weight is 288 g/mol. The number of piperidine rings is 3. The molecule has 2 aromatic rings. The Labute approximate surface area is 121 Å². The van der Waals surface area contributed by atoms with Crippen molar-refractivity contribution >= 4 is 16.9 Å². The van der Waals surface area contributed by atoms with Crippen molar-refractivity contribution in [1.29, 1.82) is 0 Å². The van der Waals surface area contributed by atoms with Crippen LogP contribution in [0.5, 0.6) is 0 Å². The first-order valence-electron chi connectivity index (χ1n) is 7.42. The number of para-hydroxylation sites is 1. The number of hydrogen-bond donors (Lipinski definition) is 1. The molecule has 1 aromatic carbocycles. The molecule has 0 aliphatic carbocycles. The third-order valence-corrected chi connectivity index (χ3v) is 4.69. The summed E-state index contributed by atoms with van der Waals surface area (Å²) in [7, 11) is 0. The van der Waals surface area contributed by atoms with Crippen LogP contribution in [0.2, 0.25) is 0 Å². The molecule has 3 aliphatic heterocycles. The Morgan fingerprint density at radius 1 is 1.33 bits per heavy atom. The van der Waals surface area contributed by atoms with Gasteiger partial charge in [-0.15, -0.1) is 0 Å². The molecule has 3 fully saturated rings. The van der Waals surface area contributed by atoms with Crippen molar-refractivity contribution in [1.82, 2.24) is 10.2 Å². The van der Waals surface area contributed by atoms with Crippen LogP contribution >= 0.6 is 0 Å². The Hall–Kier alpha value is -1.88. The number of hydrogen-bond acceptors (Lipinski definition) is 3. The van der Waals surface area contributed by atoms with Crippen LogP contribution in [0.4, 0.5) is 4.39 Å². The minimum Gasteiger partial charge on any atom is -0.448 e. The molecule has 110 valence electrons. The fourth-order valence-electron chi connectivity index (χ4n) is 3.51. The summed E-state index contributed by atoms with van der Waals surface area (Å²) in [5.41, 5.74) is 0.150. The van der Waals surface area contributed by atoms with Crippen LogP contribution in [0.15, 0.2) is 28.7 Å². The van der Waals surface area contributed by atoms with Gasteiger partial charge in [0.25, 0.3) is 5.91 Å². The van der Waals surface area contributed by atoms with Gasteiger partial charge in [0.1, 0.15) is 0 Å². The molecule has 3 saturated heterocycles. The molecule has 1 amide bonds. The van der Waals surface area contributed by atoms with Crippen molar-refractivity contribution in [3.8, 4) is 0 Å². The van der Waals surface area contributed by atoms with E-state index in [1.807, 2.05) is 0 Å². The lowest BCUT2D eigenvalue weighted by molar-refractivity contribution is 0.0607. The van der Waals surface area contributed by atoms with E-state index >= 15 is 0 Å². The van der Waals surface area contributed by atoms with E-state index in [4.69, 9.17) is 4.42 Å². The number of furan rings is 1. The smallest absolute Gasteiger partial charge is 0.287 e. The van der Waals surface area contributed by atoms with E-state index in [0.717, 1.165) is 32.5 Å². The Balaban J connectivity index is 1.55. The molecular weight excluding hydrogens is 271 g/mol. The lowest BCUT2D eigenvalue weighted by atomic mass is 9.84. The van der Waals surface area contributed by atoms with Gasteiger partial charge < -0.3 is 14.6 Å². The van der Waals surface area contributed by atoms with E-state index in [-0.39, 0.29) is 23.3 Å². The second kappa shape index (κ2) is 4.84. The van der Waals surface area contributed by atoms with Gasteiger partial charge in [0.2, 0.25) is 0 Å². The molecule has 1 N–H and O–H groups in total. The third kappa shape index (κ3) is 2.21. The normalized spacial score (nSPS) is 28.0. The van der Waals surface area contributed by atoms with Gasteiger partial charge in [0.15, 0.2) is 17.2 Å². The van der Waals surface area contributed by atoms with Gasteiger partial charge >= 0.3 is 0 Å². The van der Waals surface area contributed by atoms with E-state index in [0.29, 0.717) is 11.3 Å². The maximum atomic E-state index is 13.6. The minimum atomic E-state index is -0.436. The molecule has 21 heavy (non-hydrogen) atoms. The number of benzene rings is 1. The molecule has 4 heterocycles. The fourth-order valence-corrected chi connectivity index (χ4v) is 3.51. The summed E-state index contributed by atoms with van der Waals surface area (Å²) in [6.45, 7) is 3.17. The molecule has 2 bridgehead atoms. The highest BCUT2D eigenvalue weighted by Crippen LogP contribution is 2.28. The molecule has 1 aromatic heterocycles. The van der Waals surface area contributed by atoms with Crippen molar-refractivity contribution < 1.29 is 13.6 Å². The topological polar surface area (TPSA) is 45.5 Å². The van der Waals surface area contributed by atoms with Crippen LogP contribution in [0.1, 0.15) is 23.4 Å². The summed E-state index contributed by atoms with van der Waals surface area (Å²) in [6, 6.07) is 6.48. The maximum absolute atomic E-state index is 13.6. The Bertz CT molecular complexity index is 689. The molecular formula is C16H17FN2O2. The Morgan fingerprint density at radius 2 is 2.14 bits per heavy atom. The van der Waals surface area contributed by atoms with E-state index < -0.39 is 5.82 Å². The van der Waals surface area contributed by atoms with Gasteiger partial charge in [-0.2, -0.15) is 0 Å². The van der Waals surface area contributed by atoms with Crippen molar-refractivity contribution in [2.45, 2.75) is 18.9 Å². The quantitative estimate of drug-likeness (QED) is 0.923. The number of carbonyl (C=O) groups excluding carboxylic acids is 1. The molecule has 3 aliphatic rings. The largest absolute Gasteiger partial charge is 0.448 e. The summed E-state index contributed by atoms with van der Waals surface area (Å²) in [5, 5.41) is 3.67. The third-order valence-electron chi connectivity index (χ3n) is 4.69. The predicted octanol–water partition coefficient (Wildman–Crippen LogP) is 2.40. The van der Waals surface area contributed by atoms with Gasteiger partial charge in [-0.05, 0) is 44.0 Å². The van der Waals surface area contributed by atoms with Crippen molar-refractivity contribution in [3.05, 3.63) is 35.8 Å². The van der Waals surface area contributed by atoms with Gasteiger partial charge in [0.05, 0.1) is 0 Å². The monoisotopic (exact) mass is 288 g/mol. The predicted molar refractivity (Wildman–Crippen MR) is 76.6 cm³/mol. The number of rotatable bonds is 2. The van der Waals surface area contributed by atoms with Gasteiger partial charge in [-0.1, -0.05) is 12.1 Å². The summed E-state index contributed by atoms with van der Waals surface area (Å²) in [4.78, 5) is 14.7. The fraction of sp³-hybridized carbons (Fsp3) is 0.438. The summed E-state index contributed by atoms with van der Waals surface area (Å²) < 4.78 is 19.0. The van der Waals surface area contributed by atoms with Crippen LogP contribution in [0.25, 0.3) is 11.0 Å². The second-order valence-electron chi connectivity index (χ2n) is 5.99. The van der Waals surface area contributed by atoms with Crippen LogP contribution in [-0.4, -0.2) is 36.5 Å². The SMILES string of the molecule is O=C(NC1CN2CCC1CC2)c1cc2cccc(F)c2o1. The zero-order valence-corrected chi connectivity index (χ0v) is 11.6. The highest BCUT2D eigenvalue weighted by Gasteiger charge is 2.35. The molecule has 1 unspecified atom stereocenters. The Kier molecular flexibility index (Phi) is 2.96. The summed E-state index contributed by atoms with van der Waals surface area (Å²) in [5.74, 6) is 0.0605. The van der Waals surface area contributed by atoms with Crippen LogP contribution < -0.4 is 5.32 Å². The van der Waals surface area contributed by atoms with Crippen LogP contribution in [-0.2, 0) is 0 Å². The van der Waals surface area contributed by atoms with E-state index in [9.17, 15) is 9.18 Å². The number of fused-ring (bicyclic) bond motifs is 4. The summed E-state index contributed by atoms with van der Waals surface area (Å²) >= 11 is 0. The number of nitrogens with one attached hydrogen (secondary N) is 1. The van der Waals surface area contributed by atoms with E-state index in [1.54, 1.807) is 18.2 Å². The number of carbonyl (C=O) groups is 1. The number of halogens is 1. The zero-order valence-electron chi connectivity index (χ0n) is 11.6. The van der Waals surface area contributed by atoms with Gasteiger partial charge in [-0.3, -0.25) is 4.79 Å².